The van der Waals surface area contributed by atoms with Gasteiger partial charge in [-0.05, 0) is 29.8 Å². The highest BCUT2D eigenvalue weighted by Gasteiger charge is 2.30. The van der Waals surface area contributed by atoms with E-state index in [9.17, 15) is 22.8 Å². The molecule has 0 spiro atoms. The summed E-state index contributed by atoms with van der Waals surface area (Å²) >= 11 is 0. The summed E-state index contributed by atoms with van der Waals surface area (Å²) in [5, 5.41) is 1.05. The number of benzene rings is 1. The van der Waals surface area contributed by atoms with Crippen molar-refractivity contribution < 1.29 is 27.2 Å². The molecule has 2 rings (SSSR count). The number of amides is 2. The van der Waals surface area contributed by atoms with Crippen molar-refractivity contribution in [2.24, 2.45) is 0 Å². The van der Waals surface area contributed by atoms with Gasteiger partial charge in [-0.25, -0.2) is 5.01 Å². The van der Waals surface area contributed by atoms with Crippen molar-refractivity contribution in [1.82, 2.24) is 10.4 Å². The first-order valence-electron chi connectivity index (χ1n) is 7.02. The van der Waals surface area contributed by atoms with Gasteiger partial charge in [-0.3, -0.25) is 15.0 Å². The van der Waals surface area contributed by atoms with Gasteiger partial charge in [0.1, 0.15) is 5.76 Å². The summed E-state index contributed by atoms with van der Waals surface area (Å²) in [7, 11) is 0. The molecule has 0 aliphatic carbocycles. The van der Waals surface area contributed by atoms with Crippen molar-refractivity contribution in [3.63, 3.8) is 0 Å². The van der Waals surface area contributed by atoms with Crippen LogP contribution < -0.4 is 5.43 Å². The van der Waals surface area contributed by atoms with Crippen LogP contribution in [0.15, 0.2) is 47.1 Å². The summed E-state index contributed by atoms with van der Waals surface area (Å²) in [5.74, 6) is -0.488. The SMILES string of the molecule is CC(=O)NN(Cc1ccc(C(F)(F)F)cc1)C(=O)Cc1ccco1. The molecule has 0 unspecified atom stereocenters. The van der Waals surface area contributed by atoms with Gasteiger partial charge in [-0.2, -0.15) is 13.2 Å². The van der Waals surface area contributed by atoms with Gasteiger partial charge in [0.25, 0.3) is 0 Å². The number of carbonyl (C=O) groups excluding carboxylic acids is 2. The number of hydrogen-bond acceptors (Lipinski definition) is 3. The maximum Gasteiger partial charge on any atom is 0.416 e. The molecule has 0 radical (unpaired) electrons. The number of furan rings is 1. The van der Waals surface area contributed by atoms with Crippen LogP contribution in [-0.2, 0) is 28.7 Å². The minimum absolute atomic E-state index is 0.0583. The monoisotopic (exact) mass is 340 g/mol. The average molecular weight is 340 g/mol. The number of hydrogen-bond donors (Lipinski definition) is 1. The zero-order chi connectivity index (χ0) is 17.7. The normalized spacial score (nSPS) is 11.2. The molecular weight excluding hydrogens is 325 g/mol. The fraction of sp³-hybridized carbons (Fsp3) is 0.250. The van der Waals surface area contributed by atoms with E-state index in [4.69, 9.17) is 4.42 Å². The Morgan fingerprint density at radius 1 is 1.17 bits per heavy atom. The Balaban J connectivity index is 2.10. The smallest absolute Gasteiger partial charge is 0.416 e. The van der Waals surface area contributed by atoms with E-state index >= 15 is 0 Å². The standard InChI is InChI=1S/C16H15F3N2O3/c1-11(22)20-21(15(23)9-14-3-2-8-24-14)10-12-4-6-13(7-5-12)16(17,18)19/h2-8H,9-10H2,1H3,(H,20,22). The first kappa shape index (κ1) is 17.6. The molecule has 2 aromatic rings. The number of nitrogens with zero attached hydrogens (tertiary/aromatic N) is 1. The predicted molar refractivity (Wildman–Crippen MR) is 78.2 cm³/mol. The van der Waals surface area contributed by atoms with Crippen molar-refractivity contribution in [2.45, 2.75) is 26.1 Å². The zero-order valence-electron chi connectivity index (χ0n) is 12.8. The fourth-order valence-electron chi connectivity index (χ4n) is 2.02. The van der Waals surface area contributed by atoms with Gasteiger partial charge in [0.2, 0.25) is 11.8 Å². The molecule has 8 heteroatoms. The number of carbonyl (C=O) groups is 2. The van der Waals surface area contributed by atoms with Gasteiger partial charge >= 0.3 is 6.18 Å². The van der Waals surface area contributed by atoms with Crippen LogP contribution in [0.1, 0.15) is 23.8 Å². The summed E-state index contributed by atoms with van der Waals surface area (Å²) < 4.78 is 42.8. The van der Waals surface area contributed by atoms with Gasteiger partial charge in [0.15, 0.2) is 0 Å². The summed E-state index contributed by atoms with van der Waals surface area (Å²) in [4.78, 5) is 23.5. The maximum atomic E-state index is 12.6. The third-order valence-corrected chi connectivity index (χ3v) is 3.12. The molecule has 0 atom stereocenters. The lowest BCUT2D eigenvalue weighted by molar-refractivity contribution is -0.141. The van der Waals surface area contributed by atoms with E-state index in [0.29, 0.717) is 11.3 Å². The molecule has 1 aromatic heterocycles. The van der Waals surface area contributed by atoms with Crippen molar-refractivity contribution in [2.75, 3.05) is 0 Å². The Morgan fingerprint density at radius 2 is 1.83 bits per heavy atom. The summed E-state index contributed by atoms with van der Waals surface area (Å²) in [5.41, 5.74) is 2.04. The minimum atomic E-state index is -4.43. The number of hydrazine groups is 1. The number of halogens is 3. The van der Waals surface area contributed by atoms with Gasteiger partial charge in [0, 0.05) is 6.92 Å². The highest BCUT2D eigenvalue weighted by molar-refractivity contribution is 5.82. The van der Waals surface area contributed by atoms with Gasteiger partial charge in [-0.1, -0.05) is 12.1 Å². The van der Waals surface area contributed by atoms with Crippen LogP contribution >= 0.6 is 0 Å². The third-order valence-electron chi connectivity index (χ3n) is 3.12. The van der Waals surface area contributed by atoms with Crippen LogP contribution in [-0.4, -0.2) is 16.8 Å². The van der Waals surface area contributed by atoms with E-state index < -0.39 is 23.6 Å². The zero-order valence-corrected chi connectivity index (χ0v) is 12.8. The first-order valence-corrected chi connectivity index (χ1v) is 7.02. The van der Waals surface area contributed by atoms with E-state index in [-0.39, 0.29) is 13.0 Å². The van der Waals surface area contributed by atoms with E-state index in [1.54, 1.807) is 12.1 Å². The molecule has 0 bridgehead atoms. The van der Waals surface area contributed by atoms with Crippen molar-refractivity contribution in [3.05, 3.63) is 59.5 Å². The van der Waals surface area contributed by atoms with E-state index in [2.05, 4.69) is 5.43 Å². The van der Waals surface area contributed by atoms with Crippen LogP contribution in [0, 0.1) is 0 Å². The highest BCUT2D eigenvalue weighted by Crippen LogP contribution is 2.29. The third kappa shape index (κ3) is 4.87. The van der Waals surface area contributed by atoms with Crippen molar-refractivity contribution in [1.29, 1.82) is 0 Å². The van der Waals surface area contributed by atoms with Gasteiger partial charge in [-0.15, -0.1) is 0 Å². The van der Waals surface area contributed by atoms with Gasteiger partial charge in [0.05, 0.1) is 24.8 Å². The minimum Gasteiger partial charge on any atom is -0.469 e. The van der Waals surface area contributed by atoms with E-state index in [1.807, 2.05) is 0 Å². The Morgan fingerprint density at radius 3 is 2.33 bits per heavy atom. The van der Waals surface area contributed by atoms with Crippen LogP contribution in [0.25, 0.3) is 0 Å². The molecule has 0 saturated carbocycles. The molecule has 24 heavy (non-hydrogen) atoms. The maximum absolute atomic E-state index is 12.6. The largest absolute Gasteiger partial charge is 0.469 e. The molecule has 1 N–H and O–H groups in total. The van der Waals surface area contributed by atoms with Gasteiger partial charge < -0.3 is 4.42 Å². The molecule has 128 valence electrons. The Bertz CT molecular complexity index is 694. The number of rotatable bonds is 4. The second-order valence-electron chi connectivity index (χ2n) is 5.10. The van der Waals surface area contributed by atoms with Crippen LogP contribution in [0.4, 0.5) is 13.2 Å². The summed E-state index contributed by atoms with van der Waals surface area (Å²) in [6, 6.07) is 7.62. The number of nitrogens with one attached hydrogen (secondary N) is 1. The van der Waals surface area contributed by atoms with Crippen molar-refractivity contribution >= 4 is 11.8 Å². The van der Waals surface area contributed by atoms with E-state index in [0.717, 1.165) is 17.1 Å². The Kier molecular flexibility index (Phi) is 5.28. The Hall–Kier alpha value is -2.77. The molecule has 0 aliphatic heterocycles. The lowest BCUT2D eigenvalue weighted by Gasteiger charge is -2.22. The molecule has 1 heterocycles. The van der Waals surface area contributed by atoms with E-state index in [1.165, 1.54) is 25.3 Å². The quantitative estimate of drug-likeness (QED) is 0.871. The lowest BCUT2D eigenvalue weighted by Crippen LogP contribution is -2.45. The lowest BCUT2D eigenvalue weighted by atomic mass is 10.1. The Labute approximate surface area is 136 Å². The second-order valence-corrected chi connectivity index (χ2v) is 5.10. The molecule has 0 fully saturated rings. The fourth-order valence-corrected chi connectivity index (χ4v) is 2.02. The van der Waals surface area contributed by atoms with Crippen molar-refractivity contribution in [3.8, 4) is 0 Å². The molecule has 2 amide bonds. The highest BCUT2D eigenvalue weighted by atomic mass is 19.4. The van der Waals surface area contributed by atoms with Crippen LogP contribution in [0.3, 0.4) is 0 Å². The average Bonchev–Trinajstić information content (AvgIpc) is 2.98. The van der Waals surface area contributed by atoms with Crippen LogP contribution in [0.5, 0.6) is 0 Å². The summed E-state index contributed by atoms with van der Waals surface area (Å²) in [6.45, 7) is 1.18. The molecule has 5 nitrogen and oxygen atoms in total. The molecule has 0 saturated heterocycles. The number of alkyl halides is 3. The summed E-state index contributed by atoms with van der Waals surface area (Å²) in [6.07, 6.45) is -3.08. The van der Waals surface area contributed by atoms with Crippen LogP contribution in [0.2, 0.25) is 0 Å². The predicted octanol–water partition coefficient (Wildman–Crippen LogP) is 2.92. The second kappa shape index (κ2) is 7.20. The molecular formula is C16H15F3N2O3. The first-order chi connectivity index (χ1) is 11.3. The molecule has 1 aromatic carbocycles. The topological polar surface area (TPSA) is 62.6 Å². The molecule has 0 aliphatic rings.